The predicted molar refractivity (Wildman–Crippen MR) is 114 cm³/mol. The maximum absolute atomic E-state index is 12.5. The lowest BCUT2D eigenvalue weighted by atomic mass is 10.0. The zero-order chi connectivity index (χ0) is 17.5. The van der Waals surface area contributed by atoms with E-state index in [1.807, 2.05) is 28.0 Å². The quantitative estimate of drug-likeness (QED) is 0.693. The molecule has 1 aromatic heterocycles. The number of halogens is 2. The molecular formula is C18H28Cl2N4O2S. The van der Waals surface area contributed by atoms with Crippen molar-refractivity contribution < 1.29 is 9.59 Å². The highest BCUT2D eigenvalue weighted by molar-refractivity contribution is 7.98. The summed E-state index contributed by atoms with van der Waals surface area (Å²) in [5, 5.41) is 3.11. The minimum Gasteiger partial charge on any atom is -0.341 e. The van der Waals surface area contributed by atoms with Crippen molar-refractivity contribution in [1.29, 1.82) is 0 Å². The summed E-state index contributed by atoms with van der Waals surface area (Å²) in [6.07, 6.45) is 4.34. The number of carbonyl (C=O) groups excluding carboxylic acids is 2. The molecule has 9 heteroatoms. The Labute approximate surface area is 177 Å². The third-order valence-electron chi connectivity index (χ3n) is 4.75. The highest BCUT2D eigenvalue weighted by Gasteiger charge is 2.31. The van der Waals surface area contributed by atoms with E-state index in [-0.39, 0.29) is 42.7 Å². The number of pyridine rings is 1. The third-order valence-corrected chi connectivity index (χ3v) is 5.75. The number of rotatable bonds is 6. The van der Waals surface area contributed by atoms with E-state index in [2.05, 4.69) is 10.3 Å². The van der Waals surface area contributed by atoms with Gasteiger partial charge in [-0.15, -0.1) is 24.8 Å². The van der Waals surface area contributed by atoms with Crippen molar-refractivity contribution in [3.05, 3.63) is 30.1 Å². The first-order valence-electron chi connectivity index (χ1n) is 8.99. The van der Waals surface area contributed by atoms with E-state index in [1.165, 1.54) is 0 Å². The Balaban J connectivity index is 0.00000182. The molecule has 0 bridgehead atoms. The molecule has 1 unspecified atom stereocenters. The molecule has 3 heterocycles. The summed E-state index contributed by atoms with van der Waals surface area (Å²) in [5.41, 5.74) is 1.05. The van der Waals surface area contributed by atoms with E-state index in [1.54, 1.807) is 18.0 Å². The monoisotopic (exact) mass is 434 g/mol. The van der Waals surface area contributed by atoms with Crippen LogP contribution in [0.3, 0.4) is 0 Å². The SMILES string of the molecule is Cl.Cl.O=C(CCSCc1ccccn1)N1CCCC(N2CCNCC2=O)C1. The van der Waals surface area contributed by atoms with E-state index in [4.69, 9.17) is 0 Å². The van der Waals surface area contributed by atoms with Gasteiger partial charge in [0.15, 0.2) is 0 Å². The smallest absolute Gasteiger partial charge is 0.236 e. The van der Waals surface area contributed by atoms with Crippen LogP contribution in [-0.2, 0) is 15.3 Å². The van der Waals surface area contributed by atoms with Gasteiger partial charge in [-0.25, -0.2) is 0 Å². The lowest BCUT2D eigenvalue weighted by Gasteiger charge is -2.41. The second kappa shape index (κ2) is 12.4. The average Bonchev–Trinajstić information content (AvgIpc) is 2.66. The van der Waals surface area contributed by atoms with Gasteiger partial charge in [-0.3, -0.25) is 14.6 Å². The first kappa shape index (κ1) is 24.0. The topological polar surface area (TPSA) is 65.5 Å². The number of amides is 2. The number of nitrogens with one attached hydrogen (secondary N) is 1. The minimum absolute atomic E-state index is 0. The molecule has 1 N–H and O–H groups in total. The number of nitrogens with zero attached hydrogens (tertiary/aromatic N) is 3. The number of thioether (sulfide) groups is 1. The lowest BCUT2D eigenvalue weighted by molar-refractivity contribution is -0.140. The summed E-state index contributed by atoms with van der Waals surface area (Å²) in [6.45, 7) is 3.54. The molecule has 0 aliphatic carbocycles. The van der Waals surface area contributed by atoms with Crippen LogP contribution in [0, 0.1) is 0 Å². The molecule has 1 atom stereocenters. The largest absolute Gasteiger partial charge is 0.341 e. The Hall–Kier alpha value is -1.02. The van der Waals surface area contributed by atoms with Gasteiger partial charge in [-0.2, -0.15) is 11.8 Å². The maximum atomic E-state index is 12.5. The highest BCUT2D eigenvalue weighted by Crippen LogP contribution is 2.19. The average molecular weight is 435 g/mol. The Morgan fingerprint density at radius 1 is 1.30 bits per heavy atom. The number of hydrogen-bond donors (Lipinski definition) is 1. The van der Waals surface area contributed by atoms with Crippen molar-refractivity contribution in [2.75, 3.05) is 38.5 Å². The molecular weight excluding hydrogens is 407 g/mol. The zero-order valence-electron chi connectivity index (χ0n) is 15.3. The molecule has 2 fully saturated rings. The van der Waals surface area contributed by atoms with Gasteiger partial charge in [0.2, 0.25) is 11.8 Å². The lowest BCUT2D eigenvalue weighted by Crippen LogP contribution is -2.57. The van der Waals surface area contributed by atoms with Crippen LogP contribution < -0.4 is 5.32 Å². The van der Waals surface area contributed by atoms with Crippen molar-refractivity contribution in [3.63, 3.8) is 0 Å². The van der Waals surface area contributed by atoms with Crippen LogP contribution in [0.4, 0.5) is 0 Å². The Morgan fingerprint density at radius 2 is 2.15 bits per heavy atom. The highest BCUT2D eigenvalue weighted by atomic mass is 35.5. The summed E-state index contributed by atoms with van der Waals surface area (Å²) in [6, 6.07) is 6.09. The summed E-state index contributed by atoms with van der Waals surface area (Å²) >= 11 is 1.75. The van der Waals surface area contributed by atoms with Gasteiger partial charge in [-0.1, -0.05) is 6.07 Å². The molecule has 1 aromatic rings. The van der Waals surface area contributed by atoms with Crippen molar-refractivity contribution in [3.8, 4) is 0 Å². The van der Waals surface area contributed by atoms with Crippen LogP contribution in [0.2, 0.25) is 0 Å². The molecule has 152 valence electrons. The molecule has 2 saturated heterocycles. The van der Waals surface area contributed by atoms with E-state index >= 15 is 0 Å². The fourth-order valence-electron chi connectivity index (χ4n) is 3.42. The number of piperidine rings is 1. The molecule has 2 amide bonds. The van der Waals surface area contributed by atoms with Crippen LogP contribution in [-0.4, -0.2) is 71.1 Å². The zero-order valence-corrected chi connectivity index (χ0v) is 17.8. The summed E-state index contributed by atoms with van der Waals surface area (Å²) in [7, 11) is 0. The summed E-state index contributed by atoms with van der Waals surface area (Å²) in [4.78, 5) is 32.8. The van der Waals surface area contributed by atoms with Crippen LogP contribution in [0.5, 0.6) is 0 Å². The van der Waals surface area contributed by atoms with Crippen LogP contribution >= 0.6 is 36.6 Å². The number of hydrogen-bond acceptors (Lipinski definition) is 5. The Bertz CT molecular complexity index is 594. The fourth-order valence-corrected chi connectivity index (χ4v) is 4.26. The standard InChI is InChI=1S/C18H26N4O2S.2ClH/c23-17(6-11-25-14-15-4-1-2-7-20-15)21-9-3-5-16(13-21)22-10-8-19-12-18(22)24;;/h1-2,4,7,16,19H,3,5-6,8-14H2;2*1H. The van der Waals surface area contributed by atoms with Crippen molar-refractivity contribution in [2.45, 2.75) is 31.1 Å². The maximum Gasteiger partial charge on any atom is 0.236 e. The normalized spacial score (nSPS) is 19.9. The van der Waals surface area contributed by atoms with Gasteiger partial charge < -0.3 is 15.1 Å². The van der Waals surface area contributed by atoms with Crippen molar-refractivity contribution >= 4 is 48.4 Å². The third kappa shape index (κ3) is 7.14. The molecule has 3 rings (SSSR count). The first-order valence-corrected chi connectivity index (χ1v) is 10.1. The van der Waals surface area contributed by atoms with Crippen molar-refractivity contribution in [2.24, 2.45) is 0 Å². The van der Waals surface area contributed by atoms with E-state index in [9.17, 15) is 9.59 Å². The minimum atomic E-state index is 0. The number of piperazine rings is 1. The second-order valence-electron chi connectivity index (χ2n) is 6.52. The predicted octanol–water partition coefficient (Wildman–Crippen LogP) is 1.97. The van der Waals surface area contributed by atoms with Gasteiger partial charge in [0, 0.05) is 56.3 Å². The van der Waals surface area contributed by atoms with E-state index in [0.717, 1.165) is 49.7 Å². The molecule has 0 aromatic carbocycles. The molecule has 2 aliphatic heterocycles. The number of carbonyl (C=O) groups is 2. The molecule has 6 nitrogen and oxygen atoms in total. The number of likely N-dealkylation sites (tertiary alicyclic amines) is 1. The second-order valence-corrected chi connectivity index (χ2v) is 7.63. The molecule has 0 spiro atoms. The summed E-state index contributed by atoms with van der Waals surface area (Å²) < 4.78 is 0. The number of aromatic nitrogens is 1. The van der Waals surface area contributed by atoms with Crippen LogP contribution in [0.15, 0.2) is 24.4 Å². The van der Waals surface area contributed by atoms with Gasteiger partial charge in [0.05, 0.1) is 12.2 Å². The van der Waals surface area contributed by atoms with Gasteiger partial charge in [-0.05, 0) is 25.0 Å². The molecule has 0 radical (unpaired) electrons. The summed E-state index contributed by atoms with van der Waals surface area (Å²) in [5.74, 6) is 2.02. The van der Waals surface area contributed by atoms with Gasteiger partial charge in [0.25, 0.3) is 0 Å². The van der Waals surface area contributed by atoms with Crippen LogP contribution in [0.1, 0.15) is 25.0 Å². The van der Waals surface area contributed by atoms with Gasteiger partial charge >= 0.3 is 0 Å². The first-order chi connectivity index (χ1) is 12.2. The Kier molecular flexibility index (Phi) is 11.1. The van der Waals surface area contributed by atoms with Crippen molar-refractivity contribution in [1.82, 2.24) is 20.1 Å². The van der Waals surface area contributed by atoms with Crippen LogP contribution in [0.25, 0.3) is 0 Å². The molecule has 27 heavy (non-hydrogen) atoms. The Morgan fingerprint density at radius 3 is 2.89 bits per heavy atom. The molecule has 2 aliphatic rings. The van der Waals surface area contributed by atoms with Gasteiger partial charge in [0.1, 0.15) is 0 Å². The van der Waals surface area contributed by atoms with E-state index < -0.39 is 0 Å². The molecule has 0 saturated carbocycles. The fraction of sp³-hybridized carbons (Fsp3) is 0.611. The van der Waals surface area contributed by atoms with E-state index in [0.29, 0.717) is 19.5 Å².